The maximum Gasteiger partial charge on any atom is 0.354 e. The summed E-state index contributed by atoms with van der Waals surface area (Å²) in [6.07, 6.45) is 3.89. The van der Waals surface area contributed by atoms with Gasteiger partial charge in [-0.15, -0.1) is 22.7 Å². The van der Waals surface area contributed by atoms with Gasteiger partial charge in [0, 0.05) is 30.7 Å². The third kappa shape index (κ3) is 3.88. The van der Waals surface area contributed by atoms with E-state index in [2.05, 4.69) is 4.98 Å². The van der Waals surface area contributed by atoms with E-state index in [1.165, 1.54) is 7.11 Å². The van der Waals surface area contributed by atoms with Crippen LogP contribution in [-0.4, -0.2) is 46.5 Å². The molecule has 1 fully saturated rings. The largest absolute Gasteiger partial charge is 0.464 e. The number of methoxy groups -OCH3 is 1. The Hall–Kier alpha value is -2.45. The summed E-state index contributed by atoms with van der Waals surface area (Å²) >= 11 is 3.24. The van der Waals surface area contributed by atoms with Crippen molar-refractivity contribution in [2.75, 3.05) is 20.2 Å². The van der Waals surface area contributed by atoms with Crippen LogP contribution in [-0.2, 0) is 16.0 Å². The van der Waals surface area contributed by atoms with Crippen LogP contribution in [0.4, 0.5) is 0 Å². The van der Waals surface area contributed by atoms with E-state index in [4.69, 9.17) is 4.74 Å². The van der Waals surface area contributed by atoms with Gasteiger partial charge in [-0.2, -0.15) is 0 Å². The lowest BCUT2D eigenvalue weighted by atomic mass is 10.0. The second-order valence-corrected chi connectivity index (χ2v) is 8.51. The van der Waals surface area contributed by atoms with Crippen molar-refractivity contribution in [1.82, 2.24) is 14.5 Å². The van der Waals surface area contributed by atoms with Crippen LogP contribution in [0.5, 0.6) is 0 Å². The number of ether oxygens (including phenoxy) is 1. The molecule has 28 heavy (non-hydrogen) atoms. The molecule has 0 N–H and O–H groups in total. The fourth-order valence-electron chi connectivity index (χ4n) is 3.55. The minimum atomic E-state index is -0.325. The van der Waals surface area contributed by atoms with E-state index >= 15 is 0 Å². The average Bonchev–Trinajstić information content (AvgIpc) is 3.48. The van der Waals surface area contributed by atoms with E-state index in [1.807, 2.05) is 44.6 Å². The molecule has 0 radical (unpaired) electrons. The number of rotatable bonds is 5. The van der Waals surface area contributed by atoms with Gasteiger partial charge in [-0.05, 0) is 36.4 Å². The predicted octanol–water partition coefficient (Wildman–Crippen LogP) is 3.87. The number of carbonyl (C=O) groups is 2. The maximum absolute atomic E-state index is 12.7. The molecule has 0 spiro atoms. The SMILES string of the molecule is COC(=O)c1cccn1C1CCN(C(=O)Cc2csc(-c3cccs3)n2)CC1. The Balaban J connectivity index is 1.34. The number of esters is 1. The molecule has 0 aliphatic carbocycles. The van der Waals surface area contributed by atoms with Crippen molar-refractivity contribution in [3.63, 3.8) is 0 Å². The number of likely N-dealkylation sites (tertiary alicyclic amines) is 1. The first-order chi connectivity index (χ1) is 13.7. The Kier molecular flexibility index (Phi) is 5.59. The Labute approximate surface area is 171 Å². The van der Waals surface area contributed by atoms with E-state index in [-0.39, 0.29) is 17.9 Å². The molecule has 1 saturated heterocycles. The van der Waals surface area contributed by atoms with Gasteiger partial charge in [-0.1, -0.05) is 6.07 Å². The summed E-state index contributed by atoms with van der Waals surface area (Å²) in [6, 6.07) is 7.89. The summed E-state index contributed by atoms with van der Waals surface area (Å²) < 4.78 is 6.82. The lowest BCUT2D eigenvalue weighted by Crippen LogP contribution is -2.40. The molecule has 4 rings (SSSR count). The Morgan fingerprint density at radius 1 is 1.21 bits per heavy atom. The zero-order chi connectivity index (χ0) is 19.5. The lowest BCUT2D eigenvalue weighted by Gasteiger charge is -2.33. The number of aromatic nitrogens is 2. The van der Waals surface area contributed by atoms with Crippen LogP contribution in [0.25, 0.3) is 9.88 Å². The molecule has 1 aliphatic rings. The number of nitrogens with zero attached hydrogens (tertiary/aromatic N) is 3. The molecule has 6 nitrogen and oxygen atoms in total. The molecule has 3 aromatic rings. The molecule has 146 valence electrons. The topological polar surface area (TPSA) is 64.4 Å². The van der Waals surface area contributed by atoms with Crippen molar-refractivity contribution >= 4 is 34.6 Å². The van der Waals surface area contributed by atoms with Gasteiger partial charge >= 0.3 is 5.97 Å². The molecule has 8 heteroatoms. The van der Waals surface area contributed by atoms with Gasteiger partial charge in [0.15, 0.2) is 0 Å². The van der Waals surface area contributed by atoms with Crippen LogP contribution in [0.1, 0.15) is 35.1 Å². The van der Waals surface area contributed by atoms with Gasteiger partial charge in [-0.3, -0.25) is 4.79 Å². The van der Waals surface area contributed by atoms with Crippen LogP contribution in [0.3, 0.4) is 0 Å². The number of carbonyl (C=O) groups excluding carboxylic acids is 2. The van der Waals surface area contributed by atoms with Crippen molar-refractivity contribution < 1.29 is 14.3 Å². The number of piperidine rings is 1. The summed E-state index contributed by atoms with van der Waals surface area (Å²) in [5, 5.41) is 4.98. The summed E-state index contributed by atoms with van der Waals surface area (Å²) in [4.78, 5) is 32.2. The van der Waals surface area contributed by atoms with Crippen LogP contribution < -0.4 is 0 Å². The summed E-state index contributed by atoms with van der Waals surface area (Å²) in [5.41, 5.74) is 1.40. The highest BCUT2D eigenvalue weighted by Gasteiger charge is 2.26. The summed E-state index contributed by atoms with van der Waals surface area (Å²) in [7, 11) is 1.39. The molecule has 0 bridgehead atoms. The van der Waals surface area contributed by atoms with Crippen molar-refractivity contribution in [1.29, 1.82) is 0 Å². The lowest BCUT2D eigenvalue weighted by molar-refractivity contribution is -0.131. The Bertz CT molecular complexity index is 953. The molecule has 0 atom stereocenters. The molecule has 0 aromatic carbocycles. The quantitative estimate of drug-likeness (QED) is 0.594. The minimum absolute atomic E-state index is 0.113. The van der Waals surface area contributed by atoms with E-state index in [0.717, 1.165) is 28.4 Å². The Morgan fingerprint density at radius 2 is 2.04 bits per heavy atom. The fourth-order valence-corrected chi connectivity index (χ4v) is 5.19. The van der Waals surface area contributed by atoms with Crippen LogP contribution in [0, 0.1) is 0 Å². The van der Waals surface area contributed by atoms with Gasteiger partial charge in [0.05, 0.1) is 24.1 Å². The van der Waals surface area contributed by atoms with Crippen LogP contribution >= 0.6 is 22.7 Å². The number of thiophene rings is 1. The average molecular weight is 416 g/mol. The highest BCUT2D eigenvalue weighted by Crippen LogP contribution is 2.29. The zero-order valence-electron chi connectivity index (χ0n) is 15.5. The molecule has 0 unspecified atom stereocenters. The van der Waals surface area contributed by atoms with Gasteiger partial charge in [0.25, 0.3) is 0 Å². The normalized spacial score (nSPS) is 15.0. The van der Waals surface area contributed by atoms with E-state index in [9.17, 15) is 9.59 Å². The maximum atomic E-state index is 12.7. The Morgan fingerprint density at radius 3 is 2.75 bits per heavy atom. The number of amides is 1. The van der Waals surface area contributed by atoms with Crippen LogP contribution in [0.15, 0.2) is 41.2 Å². The van der Waals surface area contributed by atoms with Gasteiger partial charge in [0.1, 0.15) is 10.7 Å². The highest BCUT2D eigenvalue weighted by molar-refractivity contribution is 7.20. The van der Waals surface area contributed by atoms with E-state index < -0.39 is 0 Å². The first-order valence-electron chi connectivity index (χ1n) is 9.17. The van der Waals surface area contributed by atoms with Gasteiger partial charge in [-0.25, -0.2) is 9.78 Å². The van der Waals surface area contributed by atoms with Crippen molar-refractivity contribution in [2.24, 2.45) is 0 Å². The second-order valence-electron chi connectivity index (χ2n) is 6.70. The minimum Gasteiger partial charge on any atom is -0.464 e. The number of thiazole rings is 1. The first kappa shape index (κ1) is 18.9. The third-order valence-corrected chi connectivity index (χ3v) is 6.93. The summed E-state index contributed by atoms with van der Waals surface area (Å²) in [6.45, 7) is 1.37. The first-order valence-corrected chi connectivity index (χ1v) is 10.9. The molecular formula is C20H21N3O3S2. The highest BCUT2D eigenvalue weighted by atomic mass is 32.1. The monoisotopic (exact) mass is 415 g/mol. The predicted molar refractivity (Wildman–Crippen MR) is 110 cm³/mol. The molecule has 1 amide bonds. The van der Waals surface area contributed by atoms with Crippen molar-refractivity contribution in [3.8, 4) is 9.88 Å². The van der Waals surface area contributed by atoms with Gasteiger partial charge in [0.2, 0.25) is 5.91 Å². The fraction of sp³-hybridized carbons (Fsp3) is 0.350. The van der Waals surface area contributed by atoms with Crippen LogP contribution in [0.2, 0.25) is 0 Å². The molecule has 1 aliphatic heterocycles. The number of hydrogen-bond acceptors (Lipinski definition) is 6. The third-order valence-electron chi connectivity index (χ3n) is 5.00. The summed E-state index contributed by atoms with van der Waals surface area (Å²) in [5.74, 6) is -0.212. The number of hydrogen-bond donors (Lipinski definition) is 0. The zero-order valence-corrected chi connectivity index (χ0v) is 17.2. The molecular weight excluding hydrogens is 394 g/mol. The smallest absolute Gasteiger partial charge is 0.354 e. The molecule has 4 heterocycles. The molecule has 3 aromatic heterocycles. The second kappa shape index (κ2) is 8.28. The van der Waals surface area contributed by atoms with Crippen molar-refractivity contribution in [2.45, 2.75) is 25.3 Å². The molecule has 0 saturated carbocycles. The van der Waals surface area contributed by atoms with E-state index in [1.54, 1.807) is 28.7 Å². The standard InChI is InChI=1S/C20H21N3O3S2/c1-26-20(25)16-4-2-8-23(16)15-6-9-22(10-7-15)18(24)12-14-13-28-19(21-14)17-5-3-11-27-17/h2-5,8,11,13,15H,6-7,9-10,12H2,1H3. The van der Waals surface area contributed by atoms with Crippen molar-refractivity contribution in [3.05, 3.63) is 52.6 Å². The van der Waals surface area contributed by atoms with Gasteiger partial charge < -0.3 is 14.2 Å². The van der Waals surface area contributed by atoms with E-state index in [0.29, 0.717) is 25.2 Å².